The highest BCUT2D eigenvalue weighted by Crippen LogP contribution is 2.24. The maximum atomic E-state index is 12.9. The van der Waals surface area contributed by atoms with Gasteiger partial charge in [-0.25, -0.2) is 9.20 Å². The Labute approximate surface area is 166 Å². The van der Waals surface area contributed by atoms with E-state index < -0.39 is 0 Å². The molecule has 1 fully saturated rings. The Bertz CT molecular complexity index is 1020. The molecule has 0 spiro atoms. The van der Waals surface area contributed by atoms with Gasteiger partial charge >= 0.3 is 0 Å². The standard InChI is InChI=1S/C17H17ClN6O2.ClH/c18-13-3-1-2-12(8-13)15-9-19-6-7-22(15)16(25)10-23-17(26)14-4-5-20-24(14)11-21-23;/h1-5,8,11,15,19H,6-7,9-10H2;1H. The molecular formula is C17H18Cl2N6O2. The lowest BCUT2D eigenvalue weighted by molar-refractivity contribution is -0.135. The first kappa shape index (κ1) is 19.3. The van der Waals surface area contributed by atoms with Crippen LogP contribution in [-0.2, 0) is 11.3 Å². The Morgan fingerprint density at radius 3 is 2.96 bits per heavy atom. The topological polar surface area (TPSA) is 84.5 Å². The maximum absolute atomic E-state index is 12.9. The van der Waals surface area contributed by atoms with Gasteiger partial charge < -0.3 is 10.2 Å². The van der Waals surface area contributed by atoms with E-state index in [0.717, 1.165) is 5.56 Å². The maximum Gasteiger partial charge on any atom is 0.293 e. The van der Waals surface area contributed by atoms with E-state index in [0.29, 0.717) is 30.2 Å². The molecule has 1 aliphatic heterocycles. The van der Waals surface area contributed by atoms with Crippen LogP contribution in [0.2, 0.25) is 5.02 Å². The summed E-state index contributed by atoms with van der Waals surface area (Å²) in [5.74, 6) is -0.157. The number of nitrogens with zero attached hydrogens (tertiary/aromatic N) is 5. The van der Waals surface area contributed by atoms with Crippen LogP contribution in [0.3, 0.4) is 0 Å². The molecule has 4 rings (SSSR count). The highest BCUT2D eigenvalue weighted by Gasteiger charge is 2.28. The fraction of sp³-hybridized carbons (Fsp3) is 0.294. The van der Waals surface area contributed by atoms with Crippen LogP contribution in [0.5, 0.6) is 0 Å². The SMILES string of the molecule is Cl.O=C(Cn1ncn2nccc2c1=O)N1CCNCC1c1cccc(Cl)c1. The van der Waals surface area contributed by atoms with Crippen molar-refractivity contribution in [3.63, 3.8) is 0 Å². The van der Waals surface area contributed by atoms with Gasteiger partial charge in [-0.3, -0.25) is 9.59 Å². The molecule has 1 unspecified atom stereocenters. The molecular weight excluding hydrogens is 391 g/mol. The lowest BCUT2D eigenvalue weighted by Gasteiger charge is -2.36. The molecule has 0 aliphatic carbocycles. The van der Waals surface area contributed by atoms with Crippen molar-refractivity contribution in [3.05, 3.63) is 63.8 Å². The number of amides is 1. The van der Waals surface area contributed by atoms with E-state index in [2.05, 4.69) is 15.5 Å². The average Bonchev–Trinajstić information content (AvgIpc) is 3.13. The van der Waals surface area contributed by atoms with Crippen LogP contribution < -0.4 is 10.9 Å². The van der Waals surface area contributed by atoms with E-state index in [4.69, 9.17) is 11.6 Å². The third-order valence-corrected chi connectivity index (χ3v) is 4.74. The lowest BCUT2D eigenvalue weighted by Crippen LogP contribution is -2.50. The van der Waals surface area contributed by atoms with Crippen molar-refractivity contribution in [3.8, 4) is 0 Å². The number of hydrogen-bond donors (Lipinski definition) is 1. The van der Waals surface area contributed by atoms with E-state index in [9.17, 15) is 9.59 Å². The second-order valence-corrected chi connectivity index (χ2v) is 6.55. The van der Waals surface area contributed by atoms with Gasteiger partial charge in [-0.15, -0.1) is 12.4 Å². The van der Waals surface area contributed by atoms with Gasteiger partial charge in [-0.1, -0.05) is 23.7 Å². The van der Waals surface area contributed by atoms with Gasteiger partial charge in [-0.05, 0) is 23.8 Å². The first-order valence-electron chi connectivity index (χ1n) is 8.28. The normalized spacial score (nSPS) is 16.9. The van der Waals surface area contributed by atoms with Gasteiger partial charge in [0.1, 0.15) is 18.4 Å². The Balaban J connectivity index is 0.00000210. The lowest BCUT2D eigenvalue weighted by atomic mass is 10.0. The molecule has 10 heteroatoms. The number of halogens is 2. The van der Waals surface area contributed by atoms with Crippen molar-refractivity contribution in [2.75, 3.05) is 19.6 Å². The van der Waals surface area contributed by atoms with Crippen LogP contribution in [0, 0.1) is 0 Å². The third kappa shape index (κ3) is 3.83. The average molecular weight is 409 g/mol. The molecule has 0 radical (unpaired) electrons. The molecule has 0 bridgehead atoms. The number of nitrogens with one attached hydrogen (secondary N) is 1. The van der Waals surface area contributed by atoms with Crippen molar-refractivity contribution >= 4 is 35.4 Å². The highest BCUT2D eigenvalue weighted by atomic mass is 35.5. The molecule has 1 N–H and O–H groups in total. The minimum Gasteiger partial charge on any atom is -0.331 e. The summed E-state index contributed by atoms with van der Waals surface area (Å²) in [5.41, 5.74) is 1.01. The molecule has 3 aromatic rings. The molecule has 27 heavy (non-hydrogen) atoms. The summed E-state index contributed by atoms with van der Waals surface area (Å²) in [6, 6.07) is 8.95. The molecule has 8 nitrogen and oxygen atoms in total. The Morgan fingerprint density at radius 2 is 2.15 bits per heavy atom. The van der Waals surface area contributed by atoms with Gasteiger partial charge in [-0.2, -0.15) is 10.2 Å². The summed E-state index contributed by atoms with van der Waals surface area (Å²) in [5, 5.41) is 12.0. The van der Waals surface area contributed by atoms with E-state index in [1.54, 1.807) is 17.0 Å². The summed E-state index contributed by atoms with van der Waals surface area (Å²) < 4.78 is 2.57. The number of carbonyl (C=O) groups is 1. The van der Waals surface area contributed by atoms with E-state index in [1.165, 1.54) is 21.7 Å². The van der Waals surface area contributed by atoms with Gasteiger partial charge in [0.2, 0.25) is 5.91 Å². The quantitative estimate of drug-likeness (QED) is 0.702. The second kappa shape index (κ2) is 8.08. The van der Waals surface area contributed by atoms with Gasteiger partial charge in [0.15, 0.2) is 0 Å². The van der Waals surface area contributed by atoms with E-state index >= 15 is 0 Å². The van der Waals surface area contributed by atoms with Gasteiger partial charge in [0.25, 0.3) is 5.56 Å². The first-order chi connectivity index (χ1) is 12.6. The molecule has 1 amide bonds. The number of piperazine rings is 1. The summed E-state index contributed by atoms with van der Waals surface area (Å²) in [6.45, 7) is 1.78. The molecule has 1 aromatic carbocycles. The van der Waals surface area contributed by atoms with Crippen LogP contribution in [0.1, 0.15) is 11.6 Å². The zero-order valence-electron chi connectivity index (χ0n) is 14.3. The van der Waals surface area contributed by atoms with E-state index in [-0.39, 0.29) is 36.5 Å². The zero-order chi connectivity index (χ0) is 18.1. The predicted octanol–water partition coefficient (Wildman–Crippen LogP) is 1.14. The number of benzene rings is 1. The number of fused-ring (bicyclic) bond motifs is 1. The minimum absolute atomic E-state index is 0. The van der Waals surface area contributed by atoms with Crippen LogP contribution in [-0.4, -0.2) is 49.8 Å². The summed E-state index contributed by atoms with van der Waals surface area (Å²) in [4.78, 5) is 27.1. The molecule has 0 saturated carbocycles. The van der Waals surface area contributed by atoms with Crippen LogP contribution >= 0.6 is 24.0 Å². The molecule has 142 valence electrons. The number of rotatable bonds is 3. The first-order valence-corrected chi connectivity index (χ1v) is 8.66. The summed E-state index contributed by atoms with van der Waals surface area (Å²) in [7, 11) is 0. The van der Waals surface area contributed by atoms with Crippen LogP contribution in [0.15, 0.2) is 47.7 Å². The molecule has 1 aliphatic rings. The monoisotopic (exact) mass is 408 g/mol. The van der Waals surface area contributed by atoms with Crippen molar-refractivity contribution < 1.29 is 4.79 Å². The van der Waals surface area contributed by atoms with Crippen molar-refractivity contribution in [1.82, 2.24) is 29.6 Å². The van der Waals surface area contributed by atoms with E-state index in [1.807, 2.05) is 18.2 Å². The summed E-state index contributed by atoms with van der Waals surface area (Å²) in [6.07, 6.45) is 2.95. The minimum atomic E-state index is -0.340. The predicted molar refractivity (Wildman–Crippen MR) is 103 cm³/mol. The third-order valence-electron chi connectivity index (χ3n) is 4.51. The zero-order valence-corrected chi connectivity index (χ0v) is 15.9. The molecule has 1 atom stereocenters. The van der Waals surface area contributed by atoms with Crippen LogP contribution in [0.25, 0.3) is 5.52 Å². The van der Waals surface area contributed by atoms with Gasteiger partial charge in [0.05, 0.1) is 12.2 Å². The van der Waals surface area contributed by atoms with Crippen molar-refractivity contribution in [2.45, 2.75) is 12.6 Å². The fourth-order valence-corrected chi connectivity index (χ4v) is 3.42. The van der Waals surface area contributed by atoms with Crippen molar-refractivity contribution in [1.29, 1.82) is 0 Å². The Hall–Kier alpha value is -2.42. The Kier molecular flexibility index (Phi) is 5.79. The van der Waals surface area contributed by atoms with Crippen LogP contribution in [0.4, 0.5) is 0 Å². The molecule has 2 aromatic heterocycles. The van der Waals surface area contributed by atoms with Gasteiger partial charge in [0, 0.05) is 24.7 Å². The highest BCUT2D eigenvalue weighted by molar-refractivity contribution is 6.30. The van der Waals surface area contributed by atoms with Crippen molar-refractivity contribution in [2.24, 2.45) is 0 Å². The fourth-order valence-electron chi connectivity index (χ4n) is 3.22. The smallest absolute Gasteiger partial charge is 0.293 e. The molecule has 3 heterocycles. The number of aromatic nitrogens is 4. The Morgan fingerprint density at radius 1 is 1.30 bits per heavy atom. The molecule has 1 saturated heterocycles. The second-order valence-electron chi connectivity index (χ2n) is 6.12. The largest absolute Gasteiger partial charge is 0.331 e. The summed E-state index contributed by atoms with van der Waals surface area (Å²) >= 11 is 6.10. The number of carbonyl (C=O) groups excluding carboxylic acids is 1. The number of hydrogen-bond acceptors (Lipinski definition) is 5.